The number of carbonyl (C=O) groups is 3. The summed E-state index contributed by atoms with van der Waals surface area (Å²) in [5.41, 5.74) is 3.86. The highest BCUT2D eigenvalue weighted by Gasteiger charge is 2.58. The van der Waals surface area contributed by atoms with E-state index >= 15 is 0 Å². The van der Waals surface area contributed by atoms with Crippen LogP contribution >= 0.6 is 0 Å². The third-order valence-corrected chi connectivity index (χ3v) is 6.82. The van der Waals surface area contributed by atoms with E-state index in [2.05, 4.69) is 4.74 Å². The first-order valence-electron chi connectivity index (χ1n) is 11.1. The summed E-state index contributed by atoms with van der Waals surface area (Å²) >= 11 is 0. The Morgan fingerprint density at radius 2 is 1.97 bits per heavy atom. The molecular formula is C25H29NO7. The van der Waals surface area contributed by atoms with E-state index in [1.54, 1.807) is 19.2 Å². The Bertz CT molecular complexity index is 1030. The average molecular weight is 456 g/mol. The molecule has 4 atom stereocenters. The van der Waals surface area contributed by atoms with Gasteiger partial charge in [0.25, 0.3) is 0 Å². The number of carbonyl (C=O) groups excluding carboxylic acids is 3. The Balaban J connectivity index is 1.55. The predicted octanol–water partition coefficient (Wildman–Crippen LogP) is 3.31. The van der Waals surface area contributed by atoms with Crippen LogP contribution in [0.3, 0.4) is 0 Å². The fourth-order valence-electron chi connectivity index (χ4n) is 5.36. The van der Waals surface area contributed by atoms with E-state index in [0.717, 1.165) is 35.8 Å². The van der Waals surface area contributed by atoms with Crippen LogP contribution in [0.5, 0.6) is 5.75 Å². The molecule has 4 rings (SSSR count). The Hall–Kier alpha value is -2.97. The van der Waals surface area contributed by atoms with Crippen LogP contribution in [-0.4, -0.2) is 61.5 Å². The van der Waals surface area contributed by atoms with Gasteiger partial charge in [0.15, 0.2) is 0 Å². The van der Waals surface area contributed by atoms with Gasteiger partial charge in [0.05, 0.1) is 38.3 Å². The van der Waals surface area contributed by atoms with Crippen LogP contribution in [0.1, 0.15) is 31.7 Å². The molecule has 33 heavy (non-hydrogen) atoms. The lowest BCUT2D eigenvalue weighted by molar-refractivity contribution is -0.137. The molecular weight excluding hydrogens is 426 g/mol. The normalized spacial score (nSPS) is 27.1. The molecule has 2 saturated heterocycles. The molecule has 0 bridgehead atoms. The maximum Gasteiger partial charge on any atom is 0.423 e. The van der Waals surface area contributed by atoms with E-state index in [1.165, 1.54) is 0 Å². The van der Waals surface area contributed by atoms with Crippen LogP contribution < -0.4 is 0 Å². The third-order valence-electron chi connectivity index (χ3n) is 6.82. The van der Waals surface area contributed by atoms with E-state index < -0.39 is 29.7 Å². The zero-order valence-electron chi connectivity index (χ0n) is 19.1. The van der Waals surface area contributed by atoms with Gasteiger partial charge >= 0.3 is 6.09 Å². The van der Waals surface area contributed by atoms with Gasteiger partial charge in [0.1, 0.15) is 5.75 Å². The minimum atomic E-state index is -0.936. The van der Waals surface area contributed by atoms with Crippen LogP contribution in [0.25, 0.3) is 6.08 Å². The van der Waals surface area contributed by atoms with Gasteiger partial charge in [-0.2, -0.15) is 4.90 Å². The molecule has 8 nitrogen and oxygen atoms in total. The summed E-state index contributed by atoms with van der Waals surface area (Å²) in [6, 6.07) is 7.17. The number of para-hydroxylation sites is 1. The molecule has 3 aliphatic rings. The summed E-state index contributed by atoms with van der Waals surface area (Å²) in [6.45, 7) is 2.68. The fraction of sp³-hybridized carbons (Fsp3) is 0.480. The first kappa shape index (κ1) is 23.2. The molecule has 2 fully saturated rings. The van der Waals surface area contributed by atoms with Crippen LogP contribution in [0.15, 0.2) is 41.0 Å². The highest BCUT2D eigenvalue weighted by Crippen LogP contribution is 2.50. The zero-order valence-corrected chi connectivity index (χ0v) is 19.1. The van der Waals surface area contributed by atoms with E-state index in [1.807, 2.05) is 25.1 Å². The Morgan fingerprint density at radius 1 is 1.21 bits per heavy atom. The van der Waals surface area contributed by atoms with Gasteiger partial charge in [-0.15, -0.1) is 0 Å². The monoisotopic (exact) mass is 455 g/mol. The largest absolute Gasteiger partial charge is 0.507 e. The topological polar surface area (TPSA) is 102 Å². The smallest absolute Gasteiger partial charge is 0.423 e. The van der Waals surface area contributed by atoms with Crippen molar-refractivity contribution >= 4 is 24.0 Å². The number of aromatic hydroxyl groups is 1. The summed E-state index contributed by atoms with van der Waals surface area (Å²) in [5.74, 6) is -2.25. The van der Waals surface area contributed by atoms with Gasteiger partial charge in [-0.25, -0.2) is 4.79 Å². The zero-order chi connectivity index (χ0) is 23.7. The van der Waals surface area contributed by atoms with Crippen molar-refractivity contribution in [1.82, 2.24) is 4.90 Å². The molecule has 0 unspecified atom stereocenters. The second-order valence-electron chi connectivity index (χ2n) is 8.83. The van der Waals surface area contributed by atoms with Crippen LogP contribution in [0, 0.1) is 17.8 Å². The molecule has 1 aliphatic carbocycles. The van der Waals surface area contributed by atoms with E-state index in [4.69, 9.17) is 9.47 Å². The number of allylic oxidation sites excluding steroid dienone is 1. The number of hydrogen-bond donors (Lipinski definition) is 1. The first-order valence-corrected chi connectivity index (χ1v) is 11.1. The third kappa shape index (κ3) is 4.20. The second kappa shape index (κ2) is 9.49. The molecule has 1 aromatic carbocycles. The van der Waals surface area contributed by atoms with E-state index in [-0.39, 0.29) is 17.8 Å². The van der Waals surface area contributed by atoms with Crippen LogP contribution in [0.2, 0.25) is 0 Å². The molecule has 3 amide bonds. The molecule has 1 N–H and O–H groups in total. The summed E-state index contributed by atoms with van der Waals surface area (Å²) in [6.07, 6.45) is 2.64. The lowest BCUT2D eigenvalue weighted by Crippen LogP contribution is -2.38. The molecule has 1 aromatic rings. The average Bonchev–Trinajstić information content (AvgIpc) is 3.33. The van der Waals surface area contributed by atoms with Crippen molar-refractivity contribution in [3.8, 4) is 5.75 Å². The number of benzene rings is 1. The first-order chi connectivity index (χ1) is 15.9. The van der Waals surface area contributed by atoms with Gasteiger partial charge in [-0.05, 0) is 43.4 Å². The molecule has 8 heteroatoms. The highest BCUT2D eigenvalue weighted by molar-refractivity contribution is 6.16. The van der Waals surface area contributed by atoms with Gasteiger partial charge in [-0.3, -0.25) is 9.59 Å². The van der Waals surface area contributed by atoms with Crippen molar-refractivity contribution in [3.05, 3.63) is 46.5 Å². The van der Waals surface area contributed by atoms with Crippen molar-refractivity contribution in [1.29, 1.82) is 0 Å². The van der Waals surface area contributed by atoms with Crippen molar-refractivity contribution in [2.24, 2.45) is 17.8 Å². The summed E-state index contributed by atoms with van der Waals surface area (Å²) in [5, 5.41) is 10.0. The fourth-order valence-corrected chi connectivity index (χ4v) is 5.36. The molecule has 2 aliphatic heterocycles. The SMILES string of the molecule is COCC1=C2[C@@H](CC/C(C)=C/c3ccccc3O)OC[C@@H]2[C@@H]2C(=O)N(C(=O)OC)C(=O)[C@@H]2C1. The number of nitrogens with zero attached hydrogens (tertiary/aromatic N) is 1. The van der Waals surface area contributed by atoms with Crippen LogP contribution in [-0.2, 0) is 23.8 Å². The number of imide groups is 3. The molecule has 0 saturated carbocycles. The number of methoxy groups -OCH3 is 2. The standard InChI is InChI=1S/C25H29NO7/c1-14(10-15-6-4-5-7-19(15)27)8-9-20-21-16(12-31-2)11-17-22(18(21)13-33-20)24(29)26(23(17)28)25(30)32-3/h4-7,10,17-18,20,22,27H,8-9,11-13H2,1-3H3/b14-10+/t17-,18+,20-,22-/m1/s1. The summed E-state index contributed by atoms with van der Waals surface area (Å²) < 4.78 is 16.2. The van der Waals surface area contributed by atoms with Crippen molar-refractivity contribution in [3.63, 3.8) is 0 Å². The molecule has 0 spiro atoms. The van der Waals surface area contributed by atoms with E-state index in [0.29, 0.717) is 31.0 Å². The maximum atomic E-state index is 13.0. The van der Waals surface area contributed by atoms with Gasteiger partial charge in [-0.1, -0.05) is 29.8 Å². The molecule has 0 radical (unpaired) electrons. The van der Waals surface area contributed by atoms with Crippen molar-refractivity contribution in [2.45, 2.75) is 32.3 Å². The number of likely N-dealkylation sites (tertiary alicyclic amines) is 1. The van der Waals surface area contributed by atoms with Crippen molar-refractivity contribution < 1.29 is 33.7 Å². The lowest BCUT2D eigenvalue weighted by Gasteiger charge is -2.31. The number of phenolic OH excluding ortho intramolecular Hbond substituents is 1. The summed E-state index contributed by atoms with van der Waals surface area (Å²) in [7, 11) is 2.76. The molecule has 176 valence electrons. The number of hydrogen-bond acceptors (Lipinski definition) is 7. The van der Waals surface area contributed by atoms with Gasteiger partial charge < -0.3 is 19.3 Å². The quantitative estimate of drug-likeness (QED) is 0.519. The Kier molecular flexibility index (Phi) is 6.67. The minimum absolute atomic E-state index is 0.191. The number of fused-ring (bicyclic) bond motifs is 3. The number of phenols is 1. The Labute approximate surface area is 192 Å². The summed E-state index contributed by atoms with van der Waals surface area (Å²) in [4.78, 5) is 38.6. The van der Waals surface area contributed by atoms with Crippen molar-refractivity contribution in [2.75, 3.05) is 27.4 Å². The number of rotatable bonds is 6. The van der Waals surface area contributed by atoms with E-state index in [9.17, 15) is 19.5 Å². The highest BCUT2D eigenvalue weighted by atomic mass is 16.5. The Morgan fingerprint density at radius 3 is 2.67 bits per heavy atom. The maximum absolute atomic E-state index is 13.0. The van der Waals surface area contributed by atoms with Gasteiger partial charge in [0, 0.05) is 18.6 Å². The van der Waals surface area contributed by atoms with Gasteiger partial charge in [0.2, 0.25) is 11.8 Å². The minimum Gasteiger partial charge on any atom is -0.507 e. The molecule has 2 heterocycles. The number of amides is 3. The number of ether oxygens (including phenoxy) is 3. The van der Waals surface area contributed by atoms with Crippen LogP contribution in [0.4, 0.5) is 4.79 Å². The molecule has 0 aromatic heterocycles. The predicted molar refractivity (Wildman–Crippen MR) is 119 cm³/mol. The second-order valence-corrected chi connectivity index (χ2v) is 8.83. The lowest BCUT2D eigenvalue weighted by atomic mass is 9.69.